The van der Waals surface area contributed by atoms with E-state index in [1.165, 1.54) is 6.42 Å². The van der Waals surface area contributed by atoms with E-state index in [1.807, 2.05) is 29.0 Å². The third-order valence-electron chi connectivity index (χ3n) is 8.04. The van der Waals surface area contributed by atoms with E-state index in [1.54, 1.807) is 48.7 Å². The summed E-state index contributed by atoms with van der Waals surface area (Å²) in [6.45, 7) is 6.67. The number of nitrogens with one attached hydrogen (secondary N) is 1. The minimum absolute atomic E-state index is 0.0828. The molecule has 3 heterocycles. The van der Waals surface area contributed by atoms with Crippen molar-refractivity contribution in [1.82, 2.24) is 9.88 Å². The fourth-order valence-corrected chi connectivity index (χ4v) is 6.49. The number of hydrogen-bond donors (Lipinski definition) is 1. The fraction of sp³-hybridized carbons (Fsp3) is 0.481. The molecule has 2 amide bonds. The van der Waals surface area contributed by atoms with Crippen LogP contribution in [0.15, 0.2) is 35.7 Å². The van der Waals surface area contributed by atoms with Crippen LogP contribution in [0.3, 0.4) is 0 Å². The van der Waals surface area contributed by atoms with Crippen molar-refractivity contribution in [3.63, 3.8) is 0 Å². The van der Waals surface area contributed by atoms with Crippen molar-refractivity contribution in [2.75, 3.05) is 19.1 Å². The largest absolute Gasteiger partial charge is 0.497 e. The molecule has 0 spiro atoms. The fourth-order valence-electron chi connectivity index (χ4n) is 5.67. The molecule has 1 fully saturated rings. The van der Waals surface area contributed by atoms with Crippen molar-refractivity contribution in [3.8, 4) is 11.5 Å². The maximum atomic E-state index is 14.1. The van der Waals surface area contributed by atoms with Gasteiger partial charge in [-0.25, -0.2) is 0 Å². The van der Waals surface area contributed by atoms with E-state index >= 15 is 0 Å². The van der Waals surface area contributed by atoms with Crippen LogP contribution in [0.1, 0.15) is 50.5 Å². The molecule has 2 aromatic heterocycles. The molecule has 1 aromatic carbocycles. The predicted molar refractivity (Wildman–Crippen MR) is 139 cm³/mol. The molecule has 5 rings (SSSR count). The van der Waals surface area contributed by atoms with Gasteiger partial charge in [-0.2, -0.15) is 0 Å². The lowest BCUT2D eigenvalue weighted by molar-refractivity contribution is -0.128. The summed E-state index contributed by atoms with van der Waals surface area (Å²) in [6.07, 6.45) is 3.23. The number of anilines is 1. The summed E-state index contributed by atoms with van der Waals surface area (Å²) >= 11 is 1.59. The van der Waals surface area contributed by atoms with E-state index in [0.717, 1.165) is 23.1 Å². The number of hydrogen-bond acceptors (Lipinski definition) is 5. The number of carbonyl (C=O) groups is 2. The van der Waals surface area contributed by atoms with Crippen molar-refractivity contribution in [3.05, 3.63) is 41.4 Å². The zero-order valence-corrected chi connectivity index (χ0v) is 21.8. The average molecular weight is 496 g/mol. The zero-order valence-electron chi connectivity index (χ0n) is 21.0. The maximum Gasteiger partial charge on any atom is 0.276 e. The highest BCUT2D eigenvalue weighted by Crippen LogP contribution is 2.42. The van der Waals surface area contributed by atoms with Gasteiger partial charge in [0.1, 0.15) is 22.7 Å². The molecule has 8 heteroatoms. The van der Waals surface area contributed by atoms with E-state index in [2.05, 4.69) is 19.2 Å². The van der Waals surface area contributed by atoms with E-state index in [-0.39, 0.29) is 17.9 Å². The lowest BCUT2D eigenvalue weighted by Gasteiger charge is -2.45. The maximum absolute atomic E-state index is 14.1. The van der Waals surface area contributed by atoms with Crippen molar-refractivity contribution < 1.29 is 19.1 Å². The van der Waals surface area contributed by atoms with Crippen LogP contribution >= 0.6 is 11.3 Å². The molecular formula is C27H33N3O4S. The van der Waals surface area contributed by atoms with Crippen LogP contribution in [0.5, 0.6) is 11.5 Å². The van der Waals surface area contributed by atoms with Crippen LogP contribution in [-0.2, 0) is 11.3 Å². The highest BCUT2D eigenvalue weighted by molar-refractivity contribution is 7.17. The second-order valence-electron chi connectivity index (χ2n) is 10.1. The van der Waals surface area contributed by atoms with E-state index in [9.17, 15) is 9.59 Å². The Balaban J connectivity index is 1.63. The summed E-state index contributed by atoms with van der Waals surface area (Å²) in [6, 6.07) is 9.36. The number of methoxy groups -OCH3 is 2. The number of ether oxygens (including phenoxy) is 2. The highest BCUT2D eigenvalue weighted by Gasteiger charge is 2.50. The van der Waals surface area contributed by atoms with Gasteiger partial charge in [-0.15, -0.1) is 11.3 Å². The molecule has 35 heavy (non-hydrogen) atoms. The molecule has 0 saturated heterocycles. The van der Waals surface area contributed by atoms with Gasteiger partial charge in [0.2, 0.25) is 5.91 Å². The molecule has 1 aliphatic carbocycles. The summed E-state index contributed by atoms with van der Waals surface area (Å²) in [4.78, 5) is 29.9. The van der Waals surface area contributed by atoms with Crippen LogP contribution < -0.4 is 19.7 Å². The predicted octanol–water partition coefficient (Wildman–Crippen LogP) is 5.08. The molecule has 0 radical (unpaired) electrons. The molecule has 3 aromatic rings. The van der Waals surface area contributed by atoms with Gasteiger partial charge < -0.3 is 19.4 Å². The Morgan fingerprint density at radius 1 is 1.14 bits per heavy atom. The summed E-state index contributed by atoms with van der Waals surface area (Å²) in [5.74, 6) is 1.65. The van der Waals surface area contributed by atoms with Gasteiger partial charge in [-0.05, 0) is 54.8 Å². The Kier molecular flexibility index (Phi) is 6.03. The van der Waals surface area contributed by atoms with Crippen molar-refractivity contribution >= 4 is 39.1 Å². The summed E-state index contributed by atoms with van der Waals surface area (Å²) < 4.78 is 14.1. The lowest BCUT2D eigenvalue weighted by Crippen LogP contribution is -2.66. The van der Waals surface area contributed by atoms with Crippen LogP contribution in [0.4, 0.5) is 5.69 Å². The minimum Gasteiger partial charge on any atom is -0.497 e. The van der Waals surface area contributed by atoms with Crippen LogP contribution in [0.2, 0.25) is 0 Å². The highest BCUT2D eigenvalue weighted by atomic mass is 32.1. The number of amides is 2. The molecule has 1 aliphatic heterocycles. The topological polar surface area (TPSA) is 72.8 Å². The Bertz CT molecular complexity index is 1280. The van der Waals surface area contributed by atoms with Crippen molar-refractivity contribution in [1.29, 1.82) is 0 Å². The van der Waals surface area contributed by atoms with Crippen LogP contribution in [0, 0.1) is 11.8 Å². The Hall–Kier alpha value is -3.00. The SMILES string of the molecule is COc1ccc(OC)c(N2C(=O)c3cc4sccc4n3C[C@]2(C)C(=O)N[C@@H]2CCC[C@H](C)[C@@H]2C)c1. The van der Waals surface area contributed by atoms with Crippen LogP contribution in [0.25, 0.3) is 10.2 Å². The Morgan fingerprint density at radius 3 is 2.69 bits per heavy atom. The van der Waals surface area contributed by atoms with Gasteiger partial charge in [-0.3, -0.25) is 14.5 Å². The molecule has 7 nitrogen and oxygen atoms in total. The second-order valence-corrected chi connectivity index (χ2v) is 11.0. The van der Waals surface area contributed by atoms with E-state index in [4.69, 9.17) is 9.47 Å². The van der Waals surface area contributed by atoms with Crippen LogP contribution in [-0.4, -0.2) is 42.2 Å². The molecular weight excluding hydrogens is 462 g/mol. The first-order valence-corrected chi connectivity index (χ1v) is 13.1. The van der Waals surface area contributed by atoms with E-state index in [0.29, 0.717) is 41.3 Å². The molecule has 186 valence electrons. The third-order valence-corrected chi connectivity index (χ3v) is 8.90. The average Bonchev–Trinajstić information content (AvgIpc) is 3.44. The number of nitrogens with zero attached hydrogens (tertiary/aromatic N) is 2. The molecule has 2 aliphatic rings. The van der Waals surface area contributed by atoms with Gasteiger partial charge in [-0.1, -0.05) is 26.7 Å². The first-order valence-electron chi connectivity index (χ1n) is 12.2. The molecule has 0 bridgehead atoms. The second kappa shape index (κ2) is 8.90. The minimum atomic E-state index is -1.17. The zero-order chi connectivity index (χ0) is 24.9. The number of aromatic nitrogens is 1. The standard InChI is InChI=1S/C27H33N3O4S/c1-16-7-6-8-19(17(16)2)28-26(32)27(3)15-29-20-11-12-35-24(20)14-22(29)25(31)30(27)21-13-18(33-4)9-10-23(21)34-5/h9-14,16-17,19H,6-8,15H2,1-5H3,(H,28,32)/t16-,17-,19+,27+/m0/s1. The number of fused-ring (bicyclic) bond motifs is 3. The van der Waals surface area contributed by atoms with Gasteiger partial charge in [0.05, 0.1) is 36.7 Å². The number of rotatable bonds is 5. The molecule has 1 N–H and O–H groups in total. The van der Waals surface area contributed by atoms with Crippen molar-refractivity contribution in [2.24, 2.45) is 11.8 Å². The monoisotopic (exact) mass is 495 g/mol. The summed E-state index contributed by atoms with van der Waals surface area (Å²) in [5.41, 5.74) is 0.907. The molecule has 0 unspecified atom stereocenters. The van der Waals surface area contributed by atoms with E-state index < -0.39 is 5.54 Å². The summed E-state index contributed by atoms with van der Waals surface area (Å²) in [7, 11) is 3.15. The van der Waals surface area contributed by atoms with Gasteiger partial charge >= 0.3 is 0 Å². The van der Waals surface area contributed by atoms with Gasteiger partial charge in [0.15, 0.2) is 0 Å². The molecule has 4 atom stereocenters. The quantitative estimate of drug-likeness (QED) is 0.536. The smallest absolute Gasteiger partial charge is 0.276 e. The summed E-state index contributed by atoms with van der Waals surface area (Å²) in [5, 5.41) is 5.36. The number of thiophene rings is 1. The van der Waals surface area contributed by atoms with Crippen molar-refractivity contribution in [2.45, 2.75) is 58.2 Å². The Morgan fingerprint density at radius 2 is 1.94 bits per heavy atom. The number of benzene rings is 1. The normalized spacial score (nSPS) is 26.5. The van der Waals surface area contributed by atoms with Gasteiger partial charge in [0, 0.05) is 12.1 Å². The first kappa shape index (κ1) is 23.7. The third kappa shape index (κ3) is 3.78. The Labute approximate surface area is 210 Å². The lowest BCUT2D eigenvalue weighted by atomic mass is 9.77. The number of carbonyl (C=O) groups excluding carboxylic acids is 2. The molecule has 1 saturated carbocycles. The van der Waals surface area contributed by atoms with Gasteiger partial charge in [0.25, 0.3) is 5.91 Å². The first-order chi connectivity index (χ1) is 16.8.